The number of aromatic hydroxyl groups is 1. The van der Waals surface area contributed by atoms with E-state index in [0.717, 1.165) is 11.3 Å². The number of rotatable bonds is 7. The normalized spacial score (nSPS) is 15.3. The predicted octanol–water partition coefficient (Wildman–Crippen LogP) is 2.92. The molecule has 0 aliphatic carbocycles. The van der Waals surface area contributed by atoms with Crippen LogP contribution in [0.25, 0.3) is 11.8 Å². The first-order valence-electron chi connectivity index (χ1n) is 11.1. The number of carbonyl (C=O) groups is 1. The lowest BCUT2D eigenvalue weighted by Crippen LogP contribution is -2.35. The number of thiazole rings is 1. The second-order valence-corrected chi connectivity index (χ2v) is 8.81. The highest BCUT2D eigenvalue weighted by molar-refractivity contribution is 7.07. The van der Waals surface area contributed by atoms with Crippen LogP contribution in [0.4, 0.5) is 5.69 Å². The van der Waals surface area contributed by atoms with Crippen molar-refractivity contribution in [1.29, 1.82) is 0 Å². The summed E-state index contributed by atoms with van der Waals surface area (Å²) in [5.41, 5.74) is 1.04. The van der Waals surface area contributed by atoms with Crippen molar-refractivity contribution < 1.29 is 24.3 Å². The Morgan fingerprint density at radius 2 is 2.03 bits per heavy atom. The Kier molecular flexibility index (Phi) is 7.02. The lowest BCUT2D eigenvalue weighted by atomic mass is 9.96. The number of fused-ring (bicyclic) bond motifs is 1. The first-order chi connectivity index (χ1) is 17.2. The molecule has 3 aromatic rings. The Labute approximate surface area is 209 Å². The summed E-state index contributed by atoms with van der Waals surface area (Å²) >= 11 is 1.12. The zero-order valence-corrected chi connectivity index (χ0v) is 20.6. The standard InChI is InChI=1S/C25H23N3O7S/c1-4-34-19-11-15(9-10-18(19)29)12-20-23(30)27-14(3)21(24(31)35-5-2)22(26-25(27)36-20)16-7-6-8-17(13-16)28(32)33/h6-13,22,29H,4-5H2,1-3H3/b20-12-/t22-/m1/s1. The molecule has 0 saturated heterocycles. The molecule has 2 aromatic carbocycles. The van der Waals surface area contributed by atoms with E-state index in [2.05, 4.69) is 4.99 Å². The number of esters is 1. The fourth-order valence-electron chi connectivity index (χ4n) is 3.91. The molecular formula is C25H23N3O7S. The van der Waals surface area contributed by atoms with Crippen molar-refractivity contribution in [3.05, 3.63) is 89.0 Å². The largest absolute Gasteiger partial charge is 0.504 e. The van der Waals surface area contributed by atoms with Crippen LogP contribution in [0.2, 0.25) is 0 Å². The number of nitro groups is 1. The molecule has 0 saturated carbocycles. The van der Waals surface area contributed by atoms with Crippen LogP contribution in [-0.2, 0) is 9.53 Å². The summed E-state index contributed by atoms with van der Waals surface area (Å²) in [6.07, 6.45) is 1.65. The summed E-state index contributed by atoms with van der Waals surface area (Å²) in [6, 6.07) is 9.76. The molecule has 1 N–H and O–H groups in total. The average molecular weight is 510 g/mol. The highest BCUT2D eigenvalue weighted by atomic mass is 32.1. The number of allylic oxidation sites excluding steroid dienone is 1. The van der Waals surface area contributed by atoms with Crippen LogP contribution in [0.3, 0.4) is 0 Å². The summed E-state index contributed by atoms with van der Waals surface area (Å²) in [5.74, 6) is -0.364. The molecule has 0 fully saturated rings. The van der Waals surface area contributed by atoms with Crippen LogP contribution in [-0.4, -0.2) is 33.8 Å². The number of aromatic nitrogens is 1. The van der Waals surface area contributed by atoms with Crippen LogP contribution >= 0.6 is 11.3 Å². The number of benzene rings is 2. The van der Waals surface area contributed by atoms with E-state index >= 15 is 0 Å². The summed E-state index contributed by atoms with van der Waals surface area (Å²) < 4.78 is 12.4. The fraction of sp³-hybridized carbons (Fsp3) is 0.240. The van der Waals surface area contributed by atoms with Gasteiger partial charge >= 0.3 is 5.97 Å². The van der Waals surface area contributed by atoms with E-state index in [9.17, 15) is 24.8 Å². The monoisotopic (exact) mass is 509 g/mol. The van der Waals surface area contributed by atoms with Crippen molar-refractivity contribution in [2.75, 3.05) is 13.2 Å². The highest BCUT2D eigenvalue weighted by Gasteiger charge is 2.32. The first-order valence-corrected chi connectivity index (χ1v) is 12.0. The third-order valence-electron chi connectivity index (χ3n) is 5.52. The minimum atomic E-state index is -0.881. The maximum Gasteiger partial charge on any atom is 0.338 e. The van der Waals surface area contributed by atoms with Gasteiger partial charge in [-0.25, -0.2) is 9.79 Å². The molecule has 0 radical (unpaired) electrons. The van der Waals surface area contributed by atoms with E-state index in [4.69, 9.17) is 9.47 Å². The van der Waals surface area contributed by atoms with Gasteiger partial charge < -0.3 is 14.6 Å². The van der Waals surface area contributed by atoms with Gasteiger partial charge in [-0.3, -0.25) is 19.5 Å². The second kappa shape index (κ2) is 10.2. The molecule has 1 aromatic heterocycles. The lowest BCUT2D eigenvalue weighted by molar-refractivity contribution is -0.384. The number of hydrogen-bond acceptors (Lipinski definition) is 9. The average Bonchev–Trinajstić information content (AvgIpc) is 3.16. The smallest absolute Gasteiger partial charge is 0.338 e. The molecule has 0 unspecified atom stereocenters. The van der Waals surface area contributed by atoms with Crippen LogP contribution in [0.15, 0.2) is 57.8 Å². The number of non-ortho nitro benzene ring substituents is 1. The third-order valence-corrected chi connectivity index (χ3v) is 6.50. The molecule has 11 heteroatoms. The van der Waals surface area contributed by atoms with Crippen LogP contribution in [0, 0.1) is 10.1 Å². The SMILES string of the molecule is CCOC(=O)C1=C(C)n2c(s/c(=C\c3ccc(O)c(OCC)c3)c2=O)=N[C@@H]1c1cccc([N+](=O)[O-])c1. The lowest BCUT2D eigenvalue weighted by Gasteiger charge is -2.22. The Bertz CT molecular complexity index is 1570. The number of hydrogen-bond donors (Lipinski definition) is 1. The first kappa shape index (κ1) is 24.9. The van der Waals surface area contributed by atoms with E-state index < -0.39 is 16.9 Å². The molecule has 10 nitrogen and oxygen atoms in total. The van der Waals surface area contributed by atoms with Gasteiger partial charge in [0.2, 0.25) is 0 Å². The van der Waals surface area contributed by atoms with E-state index in [-0.39, 0.29) is 29.2 Å². The van der Waals surface area contributed by atoms with Gasteiger partial charge in [0, 0.05) is 17.8 Å². The molecule has 0 amide bonds. The van der Waals surface area contributed by atoms with Crippen LogP contribution in [0.1, 0.15) is 37.9 Å². The van der Waals surface area contributed by atoms with E-state index in [0.29, 0.717) is 38.5 Å². The zero-order valence-electron chi connectivity index (χ0n) is 19.8. The van der Waals surface area contributed by atoms with Gasteiger partial charge in [0.15, 0.2) is 16.3 Å². The van der Waals surface area contributed by atoms with Gasteiger partial charge in [-0.05, 0) is 50.1 Å². The molecule has 36 heavy (non-hydrogen) atoms. The summed E-state index contributed by atoms with van der Waals surface area (Å²) in [4.78, 5) is 42.1. The summed E-state index contributed by atoms with van der Waals surface area (Å²) in [6.45, 7) is 5.57. The van der Waals surface area contributed by atoms with Crippen molar-refractivity contribution >= 4 is 34.8 Å². The highest BCUT2D eigenvalue weighted by Crippen LogP contribution is 2.33. The second-order valence-electron chi connectivity index (χ2n) is 7.80. The van der Waals surface area contributed by atoms with Crippen molar-refractivity contribution in [2.24, 2.45) is 4.99 Å². The van der Waals surface area contributed by atoms with Gasteiger partial charge in [0.25, 0.3) is 11.2 Å². The molecule has 1 atom stereocenters. The topological polar surface area (TPSA) is 133 Å². The van der Waals surface area contributed by atoms with E-state index in [1.54, 1.807) is 45.0 Å². The maximum atomic E-state index is 13.3. The number of nitro benzene ring substituents is 1. The number of phenols is 1. The number of nitrogens with zero attached hydrogens (tertiary/aromatic N) is 3. The van der Waals surface area contributed by atoms with Gasteiger partial charge in [-0.1, -0.05) is 29.5 Å². The Balaban J connectivity index is 1.92. The molecule has 2 heterocycles. The summed E-state index contributed by atoms with van der Waals surface area (Å²) in [7, 11) is 0. The third kappa shape index (κ3) is 4.65. The number of carbonyl (C=O) groups excluding carboxylic acids is 1. The van der Waals surface area contributed by atoms with Gasteiger partial charge in [-0.2, -0.15) is 0 Å². The molecule has 186 valence electrons. The van der Waals surface area contributed by atoms with Crippen molar-refractivity contribution in [3.8, 4) is 11.5 Å². The number of ether oxygens (including phenoxy) is 2. The van der Waals surface area contributed by atoms with Crippen LogP contribution < -0.4 is 19.6 Å². The predicted molar refractivity (Wildman–Crippen MR) is 134 cm³/mol. The van der Waals surface area contributed by atoms with Crippen LogP contribution in [0.5, 0.6) is 11.5 Å². The fourth-order valence-corrected chi connectivity index (χ4v) is 4.95. The Hall–Kier alpha value is -4.25. The van der Waals surface area contributed by atoms with Crippen molar-refractivity contribution in [2.45, 2.75) is 26.8 Å². The molecule has 0 bridgehead atoms. The van der Waals surface area contributed by atoms with Crippen molar-refractivity contribution in [3.63, 3.8) is 0 Å². The molecular weight excluding hydrogens is 486 g/mol. The van der Waals surface area contributed by atoms with Gasteiger partial charge in [-0.15, -0.1) is 0 Å². The minimum Gasteiger partial charge on any atom is -0.504 e. The quantitative estimate of drug-likeness (QED) is 0.294. The summed E-state index contributed by atoms with van der Waals surface area (Å²) in [5, 5.41) is 21.3. The van der Waals surface area contributed by atoms with Gasteiger partial charge in [0.05, 0.1) is 28.2 Å². The molecule has 4 rings (SSSR count). The van der Waals surface area contributed by atoms with E-state index in [1.165, 1.54) is 28.8 Å². The number of phenolic OH excluding ortho intramolecular Hbond substituents is 1. The van der Waals surface area contributed by atoms with Gasteiger partial charge in [0.1, 0.15) is 6.04 Å². The Morgan fingerprint density at radius 1 is 1.25 bits per heavy atom. The molecule has 0 spiro atoms. The molecule has 1 aliphatic heterocycles. The van der Waals surface area contributed by atoms with Crippen molar-refractivity contribution in [1.82, 2.24) is 4.57 Å². The minimum absolute atomic E-state index is 0.0103. The van der Waals surface area contributed by atoms with E-state index in [1.807, 2.05) is 0 Å². The zero-order chi connectivity index (χ0) is 26.0. The Morgan fingerprint density at radius 3 is 2.72 bits per heavy atom. The molecule has 1 aliphatic rings. The maximum absolute atomic E-state index is 13.3.